The topological polar surface area (TPSA) is 66.8 Å². The van der Waals surface area contributed by atoms with E-state index in [1.807, 2.05) is 24.3 Å². The summed E-state index contributed by atoms with van der Waals surface area (Å²) >= 11 is 0. The number of rotatable bonds is 9. The van der Waals surface area contributed by atoms with E-state index in [1.54, 1.807) is 24.3 Å². The van der Waals surface area contributed by atoms with E-state index in [0.717, 1.165) is 37.0 Å². The fourth-order valence-electron chi connectivity index (χ4n) is 4.24. The Morgan fingerprint density at radius 3 is 2.20 bits per heavy atom. The Kier molecular flexibility index (Phi) is 5.65. The number of amides is 2. The van der Waals surface area contributed by atoms with Crippen molar-refractivity contribution in [3.63, 3.8) is 0 Å². The molecule has 158 valence electrons. The molecule has 5 nitrogen and oxygen atoms in total. The zero-order valence-corrected chi connectivity index (χ0v) is 17.6. The van der Waals surface area contributed by atoms with Crippen LogP contribution in [0.5, 0.6) is 5.75 Å². The summed E-state index contributed by atoms with van der Waals surface area (Å²) in [5, 5.41) is 11.1. The third kappa shape index (κ3) is 3.74. The molecule has 2 aliphatic rings. The molecule has 1 saturated carbocycles. The van der Waals surface area contributed by atoms with Crippen LogP contribution in [0, 0.1) is 11.3 Å². The lowest BCUT2D eigenvalue weighted by Gasteiger charge is -2.27. The molecule has 2 amide bonds. The molecule has 30 heavy (non-hydrogen) atoms. The summed E-state index contributed by atoms with van der Waals surface area (Å²) in [4.78, 5) is 26.8. The summed E-state index contributed by atoms with van der Waals surface area (Å²) in [6, 6.07) is 14.5. The van der Waals surface area contributed by atoms with Crippen molar-refractivity contribution >= 4 is 11.8 Å². The Labute approximate surface area is 177 Å². The first-order valence-electron chi connectivity index (χ1n) is 10.8. The van der Waals surface area contributed by atoms with E-state index < -0.39 is 11.5 Å². The number of nitrogens with zero attached hydrogens (tertiary/aromatic N) is 1. The van der Waals surface area contributed by atoms with Gasteiger partial charge in [-0.05, 0) is 48.6 Å². The second-order valence-electron chi connectivity index (χ2n) is 8.57. The first-order valence-corrected chi connectivity index (χ1v) is 10.8. The molecule has 2 aromatic rings. The zero-order valence-electron chi connectivity index (χ0n) is 17.6. The number of benzene rings is 2. The summed E-state index contributed by atoms with van der Waals surface area (Å²) in [6.07, 6.45) is 2.95. The smallest absolute Gasteiger partial charge is 0.261 e. The highest BCUT2D eigenvalue weighted by Crippen LogP contribution is 2.56. The lowest BCUT2D eigenvalue weighted by Crippen LogP contribution is -2.37. The van der Waals surface area contributed by atoms with Crippen LogP contribution in [0.1, 0.15) is 71.9 Å². The summed E-state index contributed by atoms with van der Waals surface area (Å²) < 4.78 is 5.95. The van der Waals surface area contributed by atoms with Crippen molar-refractivity contribution in [2.75, 3.05) is 13.2 Å². The van der Waals surface area contributed by atoms with Gasteiger partial charge in [-0.2, -0.15) is 0 Å². The third-order valence-electron chi connectivity index (χ3n) is 6.64. The van der Waals surface area contributed by atoms with Gasteiger partial charge in [0.05, 0.1) is 23.8 Å². The highest BCUT2D eigenvalue weighted by Gasteiger charge is 2.53. The van der Waals surface area contributed by atoms with E-state index in [9.17, 15) is 14.7 Å². The van der Waals surface area contributed by atoms with Crippen LogP contribution < -0.4 is 4.74 Å². The minimum atomic E-state index is -0.751. The lowest BCUT2D eigenvalue weighted by molar-refractivity contribution is 0.0451. The number of hydrogen-bond acceptors (Lipinski definition) is 4. The summed E-state index contributed by atoms with van der Waals surface area (Å²) in [5.41, 5.74) is 1.18. The van der Waals surface area contributed by atoms with E-state index >= 15 is 0 Å². The molecule has 1 N–H and O–H groups in total. The number of aliphatic hydroxyl groups excluding tert-OH is 1. The van der Waals surface area contributed by atoms with Crippen LogP contribution in [-0.4, -0.2) is 35.0 Å². The van der Waals surface area contributed by atoms with Gasteiger partial charge in [-0.15, -0.1) is 0 Å². The Hall–Kier alpha value is -2.66. The minimum absolute atomic E-state index is 0.235. The van der Waals surface area contributed by atoms with Crippen LogP contribution in [0.2, 0.25) is 0 Å². The van der Waals surface area contributed by atoms with Crippen molar-refractivity contribution in [3.8, 4) is 5.75 Å². The van der Waals surface area contributed by atoms with E-state index in [0.29, 0.717) is 23.7 Å². The van der Waals surface area contributed by atoms with E-state index in [2.05, 4.69) is 13.8 Å². The van der Waals surface area contributed by atoms with E-state index in [-0.39, 0.29) is 18.4 Å². The molecule has 0 spiro atoms. The SMILES string of the molecule is CCC(CC)COc1cccc([C@H](O)C2(CN3C(=O)c4ccccc4C3=O)CC2)c1. The molecule has 1 fully saturated rings. The first kappa shape index (κ1) is 20.6. The van der Waals surface area contributed by atoms with E-state index in [4.69, 9.17) is 4.74 Å². The molecular weight excluding hydrogens is 378 g/mol. The Balaban J connectivity index is 1.48. The molecule has 2 aromatic carbocycles. The van der Waals surface area contributed by atoms with Gasteiger partial charge in [0, 0.05) is 12.0 Å². The maximum Gasteiger partial charge on any atom is 0.261 e. The largest absolute Gasteiger partial charge is 0.493 e. The van der Waals surface area contributed by atoms with Gasteiger partial charge in [-0.1, -0.05) is 51.0 Å². The summed E-state index contributed by atoms with van der Waals surface area (Å²) in [6.45, 7) is 5.22. The molecule has 1 atom stereocenters. The monoisotopic (exact) mass is 407 g/mol. The normalized spacial score (nSPS) is 17.9. The second kappa shape index (κ2) is 8.23. The lowest BCUT2D eigenvalue weighted by atomic mass is 9.92. The number of hydrogen-bond donors (Lipinski definition) is 1. The first-order chi connectivity index (χ1) is 14.5. The van der Waals surface area contributed by atoms with Crippen molar-refractivity contribution in [2.24, 2.45) is 11.3 Å². The molecule has 4 rings (SSSR count). The van der Waals surface area contributed by atoms with Crippen LogP contribution in [-0.2, 0) is 0 Å². The highest BCUT2D eigenvalue weighted by molar-refractivity contribution is 6.21. The molecule has 0 saturated heterocycles. The molecule has 0 radical (unpaired) electrons. The van der Waals surface area contributed by atoms with Crippen molar-refractivity contribution in [1.29, 1.82) is 0 Å². The van der Waals surface area contributed by atoms with Gasteiger partial charge in [0.1, 0.15) is 5.75 Å². The number of ether oxygens (including phenoxy) is 1. The number of carbonyl (C=O) groups is 2. The molecule has 1 heterocycles. The number of aliphatic hydroxyl groups is 1. The highest BCUT2D eigenvalue weighted by atomic mass is 16.5. The minimum Gasteiger partial charge on any atom is -0.493 e. The summed E-state index contributed by atoms with van der Waals surface area (Å²) in [5.74, 6) is 0.727. The predicted octanol–water partition coefficient (Wildman–Crippen LogP) is 4.61. The third-order valence-corrected chi connectivity index (χ3v) is 6.64. The molecule has 1 aliphatic carbocycles. The average Bonchev–Trinajstić information content (AvgIpc) is 3.53. The van der Waals surface area contributed by atoms with Crippen LogP contribution in [0.4, 0.5) is 0 Å². The van der Waals surface area contributed by atoms with Crippen LogP contribution in [0.15, 0.2) is 48.5 Å². The molecule has 0 bridgehead atoms. The van der Waals surface area contributed by atoms with Gasteiger partial charge in [0.25, 0.3) is 11.8 Å². The number of imide groups is 1. The number of carbonyl (C=O) groups excluding carboxylic acids is 2. The standard InChI is InChI=1S/C25H29NO4/c1-3-17(4-2)15-30-19-9-7-8-18(14-19)22(27)25(12-13-25)16-26-23(28)20-10-5-6-11-21(20)24(26)29/h5-11,14,17,22,27H,3-4,12-13,15-16H2,1-2H3/t22-/m0/s1. The molecule has 5 heteroatoms. The number of fused-ring (bicyclic) bond motifs is 1. The molecule has 0 aromatic heterocycles. The van der Waals surface area contributed by atoms with Crippen molar-refractivity contribution < 1.29 is 19.4 Å². The van der Waals surface area contributed by atoms with Gasteiger partial charge < -0.3 is 9.84 Å². The van der Waals surface area contributed by atoms with Gasteiger partial charge in [-0.25, -0.2) is 0 Å². The van der Waals surface area contributed by atoms with Crippen LogP contribution >= 0.6 is 0 Å². The van der Waals surface area contributed by atoms with Gasteiger partial charge >= 0.3 is 0 Å². The molecule has 0 unspecified atom stereocenters. The Bertz CT molecular complexity index is 911. The maximum atomic E-state index is 12.7. The average molecular weight is 408 g/mol. The fraction of sp³-hybridized carbons (Fsp3) is 0.440. The van der Waals surface area contributed by atoms with Crippen LogP contribution in [0.3, 0.4) is 0 Å². The van der Waals surface area contributed by atoms with Gasteiger partial charge in [0.15, 0.2) is 0 Å². The Morgan fingerprint density at radius 1 is 1.00 bits per heavy atom. The molecular formula is C25H29NO4. The van der Waals surface area contributed by atoms with Gasteiger partial charge in [-0.3, -0.25) is 14.5 Å². The maximum absolute atomic E-state index is 12.7. The van der Waals surface area contributed by atoms with Crippen molar-refractivity contribution in [3.05, 3.63) is 65.2 Å². The predicted molar refractivity (Wildman–Crippen MR) is 114 cm³/mol. The van der Waals surface area contributed by atoms with Crippen LogP contribution in [0.25, 0.3) is 0 Å². The van der Waals surface area contributed by atoms with Gasteiger partial charge in [0.2, 0.25) is 0 Å². The van der Waals surface area contributed by atoms with Crippen molar-refractivity contribution in [2.45, 2.75) is 45.6 Å². The Morgan fingerprint density at radius 2 is 1.63 bits per heavy atom. The molecule has 1 aliphatic heterocycles. The zero-order chi connectivity index (χ0) is 21.3. The fourth-order valence-corrected chi connectivity index (χ4v) is 4.24. The second-order valence-corrected chi connectivity index (χ2v) is 8.57. The van der Waals surface area contributed by atoms with E-state index in [1.165, 1.54) is 4.90 Å². The quantitative estimate of drug-likeness (QED) is 0.617. The summed E-state index contributed by atoms with van der Waals surface area (Å²) in [7, 11) is 0. The van der Waals surface area contributed by atoms with Crippen molar-refractivity contribution in [1.82, 2.24) is 4.90 Å².